The molecule has 2 aromatic carbocycles. The summed E-state index contributed by atoms with van der Waals surface area (Å²) in [6, 6.07) is 14.7. The van der Waals surface area contributed by atoms with Crippen molar-refractivity contribution in [1.82, 2.24) is 15.5 Å². The van der Waals surface area contributed by atoms with Crippen molar-refractivity contribution in [1.29, 1.82) is 0 Å². The Hall–Kier alpha value is -1.24. The zero-order chi connectivity index (χ0) is 21.1. The summed E-state index contributed by atoms with van der Waals surface area (Å²) in [5.41, 5.74) is 3.17. The van der Waals surface area contributed by atoms with E-state index in [1.54, 1.807) is 12.1 Å². The molecular formula is C21H27Co2FN4O. The van der Waals surface area contributed by atoms with Crippen LogP contribution in [0.2, 0.25) is 0 Å². The molecule has 2 aromatic rings. The molecule has 3 rings (SSSR count). The molecule has 4 N–H and O–H groups in total. The van der Waals surface area contributed by atoms with E-state index in [9.17, 15) is 4.39 Å². The Balaban J connectivity index is 0.00000145. The summed E-state index contributed by atoms with van der Waals surface area (Å²) in [7, 11) is 1.00. The number of nitrogens with zero attached hydrogens (tertiary/aromatic N) is 1. The first-order valence-electron chi connectivity index (χ1n) is 9.34. The minimum absolute atomic E-state index is 0.231. The Labute approximate surface area is 187 Å². The second-order valence-electron chi connectivity index (χ2n) is 6.36. The first-order chi connectivity index (χ1) is 14.1. The fourth-order valence-corrected chi connectivity index (χ4v) is 3.50. The third-order valence-electron chi connectivity index (χ3n) is 4.34. The molecule has 1 fully saturated rings. The summed E-state index contributed by atoms with van der Waals surface area (Å²) < 4.78 is 14.7. The summed E-state index contributed by atoms with van der Waals surface area (Å²) in [6.07, 6.45) is 0.833. The minimum atomic E-state index is -0.231. The van der Waals surface area contributed by atoms with Crippen molar-refractivity contribution in [3.63, 3.8) is 0 Å². The van der Waals surface area contributed by atoms with E-state index in [0.717, 1.165) is 55.5 Å². The molecule has 5 nitrogen and oxygen atoms in total. The van der Waals surface area contributed by atoms with E-state index in [-0.39, 0.29) is 5.82 Å². The average molecular weight is 488 g/mol. The Morgan fingerprint density at radius 1 is 1.00 bits per heavy atom. The van der Waals surface area contributed by atoms with E-state index < -0.39 is 0 Å². The van der Waals surface area contributed by atoms with Gasteiger partial charge in [0.2, 0.25) is 0 Å². The molecule has 0 atom stereocenters. The predicted molar refractivity (Wildman–Crippen MR) is 110 cm³/mol. The molecule has 29 heavy (non-hydrogen) atoms. The molecule has 0 amide bonds. The van der Waals surface area contributed by atoms with Gasteiger partial charge in [-0.15, -0.1) is 0 Å². The van der Waals surface area contributed by atoms with Crippen LogP contribution in [0.25, 0.3) is 0 Å². The second-order valence-corrected chi connectivity index (χ2v) is 7.48. The van der Waals surface area contributed by atoms with Crippen LogP contribution >= 0.6 is 0 Å². The van der Waals surface area contributed by atoms with Gasteiger partial charge in [-0.3, -0.25) is 0 Å². The van der Waals surface area contributed by atoms with Gasteiger partial charge in [0.05, 0.1) is 0 Å². The number of anilines is 1. The van der Waals surface area contributed by atoms with Crippen LogP contribution < -0.4 is 16.0 Å². The van der Waals surface area contributed by atoms with Gasteiger partial charge in [-0.1, -0.05) is 0 Å². The van der Waals surface area contributed by atoms with E-state index in [2.05, 4.69) is 48.3 Å². The average Bonchev–Trinajstić information content (AvgIpc) is 2.77. The fourth-order valence-electron chi connectivity index (χ4n) is 2.82. The molecule has 0 spiro atoms. The van der Waals surface area contributed by atoms with Crippen molar-refractivity contribution in [2.24, 2.45) is 0 Å². The third kappa shape index (κ3) is 8.57. The molecule has 1 aliphatic rings. The van der Waals surface area contributed by atoms with Crippen LogP contribution in [0.15, 0.2) is 48.5 Å². The molecule has 0 bridgehead atoms. The summed E-state index contributed by atoms with van der Waals surface area (Å²) in [6.45, 7) is 4.61. The zero-order valence-corrected chi connectivity index (χ0v) is 18.4. The molecule has 162 valence electrons. The standard InChI is InChI=1S/C20H23FN4.CH4O.2Co/c21-19-5-1-18(2-6-19)15-23-16-24-20-7-3-17(4-8-20)9-12-25-13-10-22-11-14-25;1-2;;/h1-8,22-24H,9-11,13-15H2;2H,1H3;;. The van der Waals surface area contributed by atoms with Crippen molar-refractivity contribution in [3.8, 4) is 0 Å². The van der Waals surface area contributed by atoms with E-state index >= 15 is 0 Å². The molecule has 0 unspecified atom stereocenters. The quantitative estimate of drug-likeness (QED) is 0.453. The molecule has 1 heterocycles. The first kappa shape index (κ1) is 24.0. The maximum absolute atomic E-state index is 12.9. The van der Waals surface area contributed by atoms with Crippen LogP contribution in [0, 0.1) is 5.82 Å². The van der Waals surface area contributed by atoms with Crippen molar-refractivity contribution in [3.05, 3.63) is 65.5 Å². The molecule has 0 saturated carbocycles. The number of nitrogens with one attached hydrogen (secondary N) is 3. The van der Waals surface area contributed by atoms with E-state index in [1.165, 1.54) is 17.7 Å². The number of piperazine rings is 1. The number of aliphatic hydroxyl groups excluding tert-OH is 1. The monoisotopic (exact) mass is 488 g/mol. The first-order valence-corrected chi connectivity index (χ1v) is 10.4. The number of halogens is 1. The number of hydrogen-bond acceptors (Lipinski definition) is 5. The molecule has 0 aliphatic carbocycles. The van der Waals surface area contributed by atoms with Crippen molar-refractivity contribution >= 4 is 15.0 Å². The molecule has 8 heteroatoms. The Morgan fingerprint density at radius 3 is 2.21 bits per heavy atom. The van der Waals surface area contributed by atoms with Crippen molar-refractivity contribution in [2.75, 3.05) is 38.6 Å². The van der Waals surface area contributed by atoms with Gasteiger partial charge in [0.25, 0.3) is 0 Å². The Kier molecular flexibility index (Phi) is 10.9. The maximum atomic E-state index is 12.9. The fraction of sp³-hybridized carbons (Fsp3) is 0.333. The van der Waals surface area contributed by atoms with E-state index in [1.807, 2.05) is 12.1 Å². The van der Waals surface area contributed by atoms with Gasteiger partial charge in [0.15, 0.2) is 0 Å². The second kappa shape index (κ2) is 13.1. The normalized spacial score (nSPS) is 14.0. The number of hydrogen-bond donors (Lipinski definition) is 4. The van der Waals surface area contributed by atoms with Gasteiger partial charge in [0, 0.05) is 7.11 Å². The van der Waals surface area contributed by atoms with Crippen molar-refractivity contribution in [2.45, 2.75) is 13.0 Å². The molecule has 0 aromatic heterocycles. The summed E-state index contributed by atoms with van der Waals surface area (Å²) >= 11 is 9.23. The van der Waals surface area contributed by atoms with Crippen LogP contribution in [-0.2, 0) is 43.6 Å². The SMILES string of the molecule is CO.Fc1ccc(CN[C](=[Co])Nc2ccc(C[C](=[Co])N3CCNCC3)cc2)cc1. The van der Waals surface area contributed by atoms with Crippen LogP contribution in [0.5, 0.6) is 0 Å². The van der Waals surface area contributed by atoms with Gasteiger partial charge in [-0.25, -0.2) is 0 Å². The summed E-state index contributed by atoms with van der Waals surface area (Å²) in [4.78, 5) is 2.32. The number of rotatable bonds is 8. The van der Waals surface area contributed by atoms with Gasteiger partial charge in [-0.05, 0) is 0 Å². The third-order valence-corrected chi connectivity index (χ3v) is 5.17. The molecule has 1 aliphatic heterocycles. The van der Waals surface area contributed by atoms with Gasteiger partial charge in [-0.2, -0.15) is 0 Å². The van der Waals surface area contributed by atoms with Gasteiger partial charge < -0.3 is 5.11 Å². The van der Waals surface area contributed by atoms with Crippen molar-refractivity contribution < 1.29 is 40.1 Å². The van der Waals surface area contributed by atoms with Crippen LogP contribution in [-0.4, -0.2) is 52.6 Å². The Bertz CT molecular complexity index is 778. The van der Waals surface area contributed by atoms with Crippen LogP contribution in [0.1, 0.15) is 11.1 Å². The predicted octanol–water partition coefficient (Wildman–Crippen LogP) is 1.39. The number of benzene rings is 2. The molecular weight excluding hydrogens is 461 g/mol. The topological polar surface area (TPSA) is 59.6 Å². The van der Waals surface area contributed by atoms with Gasteiger partial charge in [0.1, 0.15) is 0 Å². The zero-order valence-electron chi connectivity index (χ0n) is 16.3. The van der Waals surface area contributed by atoms with E-state index in [0.29, 0.717) is 11.2 Å². The summed E-state index contributed by atoms with van der Waals surface area (Å²) in [5.74, 6) is -0.231. The van der Waals surface area contributed by atoms with Crippen LogP contribution in [0.3, 0.4) is 0 Å². The molecule has 1 saturated heterocycles. The van der Waals surface area contributed by atoms with E-state index in [4.69, 9.17) is 20.4 Å². The van der Waals surface area contributed by atoms with Crippen LogP contribution in [0.4, 0.5) is 10.1 Å². The molecule has 0 radical (unpaired) electrons. The number of aliphatic hydroxyl groups is 1. The van der Waals surface area contributed by atoms with Gasteiger partial charge >= 0.3 is 175 Å². The Morgan fingerprint density at radius 2 is 1.59 bits per heavy atom. The summed E-state index contributed by atoms with van der Waals surface area (Å²) in [5, 5.41) is 16.7.